The second-order valence-electron chi connectivity index (χ2n) is 40.4. The minimum absolute atomic E-state index is 0.0560. The van der Waals surface area contributed by atoms with Gasteiger partial charge < -0.3 is 114 Å². The fourth-order valence-electron chi connectivity index (χ4n) is 17.8. The van der Waals surface area contributed by atoms with Gasteiger partial charge in [-0.3, -0.25) is 8.37 Å². The Morgan fingerprint density at radius 2 is 0.600 bits per heavy atom. The predicted molar refractivity (Wildman–Crippen MR) is 529 cm³/mol. The molecule has 0 unspecified atom stereocenters. The van der Waals surface area contributed by atoms with Crippen molar-refractivity contribution in [2.45, 2.75) is 221 Å². The molecule has 0 radical (unpaired) electrons. The summed E-state index contributed by atoms with van der Waals surface area (Å²) in [6, 6.07) is 39.9. The molecule has 0 saturated carbocycles. The molecule has 140 heavy (non-hydrogen) atoms. The van der Waals surface area contributed by atoms with Gasteiger partial charge >= 0.3 is 42.7 Å². The van der Waals surface area contributed by atoms with Crippen molar-refractivity contribution in [2.75, 3.05) is 191 Å². The van der Waals surface area contributed by atoms with Crippen LogP contribution in [0.25, 0.3) is 0 Å². The maximum Gasteiger partial charge on any atom is 0.410 e. The standard InChI is InChI=1S/C21H30N2O4.C18H27NO8S2.C16H22N2O2.C16H23NO4.C13H24N2O2.C13H25NO4.C2H3NO.2CH4O/c1-20(2,3)27-19(25)23-14-11-21(16-23)9-12-22(13-10-21)18(24)26-15-17-7-5-4-6-8-17;1-28(21,22)26-13-10-18(15-27-29(2,23)24)8-11-19(12-9-18)17(20)25-14-16-6-4-3-5-7-16;19-15(20-12-14-4-2-1-3-5-14)18-10-7-16(8-11-18)6-9-17-13-16;18-11-8-16(13-19)6-9-17(10-7-16)15(20)21-12-14-4-2-1-3-5-14;1-12(2,3)17-11(16)15-9-6-13(10-15)4-7-14-8-5-13;1-12(2,3)18-11(17)14-7-4-13(10-16,5-8-14)6-9-15;3-1-2-4;2*1-2/h4-8H,9-16H2,1-3H3;3-7H,8-15H2,1-2H3;1-5,17H,6-13H2;1-5,18-19H,6-13H2;14H,4-10H2,1-3H3;15-16H,4-10H2,1-3H3;4H,2H2;2*2H,1H3. The molecule has 0 atom stereocenters. The average Bonchev–Trinajstić information content (AvgIpc) is 1.23. The van der Waals surface area contributed by atoms with Crippen LogP contribution in [-0.4, -0.2) is 337 Å². The normalized spacial score (nSPS) is 18.6. The maximum atomic E-state index is 12.3. The number of aliphatic hydroxyl groups excluding tert-OH is 7. The molecule has 4 aromatic rings. The summed E-state index contributed by atoms with van der Waals surface area (Å²) in [5.74, 6) is 0. The first-order valence-corrected chi connectivity index (χ1v) is 52.2. The van der Waals surface area contributed by atoms with E-state index < -0.39 is 42.9 Å². The lowest BCUT2D eigenvalue weighted by molar-refractivity contribution is -0.00662. The van der Waals surface area contributed by atoms with Crippen LogP contribution >= 0.6 is 0 Å². The Labute approximate surface area is 830 Å². The molecule has 0 bridgehead atoms. The number of aliphatic hydroxyl groups is 7. The number of carbonyl (C=O) groups excluding carboxylic acids is 7. The maximum absolute atomic E-state index is 12.3. The molecule has 37 nitrogen and oxygen atoms in total. The first-order valence-electron chi connectivity index (χ1n) is 48.5. The van der Waals surface area contributed by atoms with Crippen LogP contribution in [-0.2, 0) is 88.2 Å². The lowest BCUT2D eigenvalue weighted by atomic mass is 9.76. The number of piperidine rings is 6. The Bertz CT molecular complexity index is 4530. The minimum Gasteiger partial charge on any atom is -0.445 e. The van der Waals surface area contributed by atoms with Crippen molar-refractivity contribution in [3.63, 3.8) is 0 Å². The highest BCUT2D eigenvalue weighted by atomic mass is 32.2. The summed E-state index contributed by atoms with van der Waals surface area (Å²) in [7, 11) is -5.25. The molecule has 9 aliphatic heterocycles. The molecular weight excluding hydrogens is 1850 g/mol. The molecule has 13 rings (SSSR count). The third-order valence-corrected chi connectivity index (χ3v) is 27.5. The van der Waals surface area contributed by atoms with Crippen LogP contribution in [0.2, 0.25) is 0 Å². The van der Waals surface area contributed by atoms with Gasteiger partial charge in [0.1, 0.15) is 49.8 Å². The lowest BCUT2D eigenvalue weighted by Gasteiger charge is -2.40. The number of nitrogens with zero attached hydrogens (tertiary/aromatic N) is 8. The highest BCUT2D eigenvalue weighted by molar-refractivity contribution is 7.86. The zero-order valence-corrected chi connectivity index (χ0v) is 86.6. The summed E-state index contributed by atoms with van der Waals surface area (Å²) in [5, 5.41) is 72.8. The molecular formula is C101H162N10O27S2. The van der Waals surface area contributed by atoms with Crippen LogP contribution < -0.4 is 10.6 Å². The summed E-state index contributed by atoms with van der Waals surface area (Å²) in [6.07, 6.45) is 14.9. The molecule has 9 heterocycles. The van der Waals surface area contributed by atoms with E-state index in [1.54, 1.807) is 19.6 Å². The van der Waals surface area contributed by atoms with Crippen LogP contribution in [0.5, 0.6) is 0 Å². The average molecular weight is 2010 g/mol. The summed E-state index contributed by atoms with van der Waals surface area (Å²) >= 11 is 0. The van der Waals surface area contributed by atoms with Gasteiger partial charge in [-0.25, -0.2) is 33.6 Å². The smallest absolute Gasteiger partial charge is 0.410 e. The van der Waals surface area contributed by atoms with E-state index >= 15 is 0 Å². The Balaban J connectivity index is 0.000000294. The van der Waals surface area contributed by atoms with E-state index in [9.17, 15) is 60.6 Å². The summed E-state index contributed by atoms with van der Waals surface area (Å²) in [5.41, 5.74) is 2.36. The van der Waals surface area contributed by atoms with Crippen LogP contribution in [0.4, 0.5) is 33.6 Å². The molecule has 9 saturated heterocycles. The van der Waals surface area contributed by atoms with Gasteiger partial charge in [0.25, 0.3) is 20.2 Å². The Morgan fingerprint density at radius 3 is 0.864 bits per heavy atom. The van der Waals surface area contributed by atoms with Crippen LogP contribution in [0.15, 0.2) is 121 Å². The van der Waals surface area contributed by atoms with Gasteiger partial charge in [-0.1, -0.05) is 121 Å². The number of nitrogens with one attached hydrogen (secondary N) is 2. The van der Waals surface area contributed by atoms with Gasteiger partial charge in [-0.15, -0.1) is 0 Å². The van der Waals surface area contributed by atoms with Gasteiger partial charge in [-0.05, 0) is 247 Å². The number of rotatable bonds is 21. The Morgan fingerprint density at radius 1 is 0.350 bits per heavy atom. The first-order chi connectivity index (χ1) is 66.3. The largest absolute Gasteiger partial charge is 0.445 e. The van der Waals surface area contributed by atoms with E-state index in [0.717, 1.165) is 153 Å². The number of hydrogen-bond donors (Lipinski definition) is 9. The fourth-order valence-corrected chi connectivity index (χ4v) is 18.6. The topological polar surface area (TPSA) is 483 Å². The highest BCUT2D eigenvalue weighted by Crippen LogP contribution is 2.44. The van der Waals surface area contributed by atoms with E-state index in [4.69, 9.17) is 72.3 Å². The number of amides is 7. The van der Waals surface area contributed by atoms with Crippen LogP contribution in [0.1, 0.15) is 200 Å². The van der Waals surface area contributed by atoms with Crippen molar-refractivity contribution in [1.29, 1.82) is 5.26 Å². The number of benzene rings is 4. The molecule has 4 aromatic carbocycles. The molecule has 790 valence electrons. The fraction of sp³-hybridized carbons (Fsp3) is 0.683. The Hall–Kier alpha value is -9.28. The highest BCUT2D eigenvalue weighted by Gasteiger charge is 2.47. The van der Waals surface area contributed by atoms with Gasteiger partial charge in [-0.2, -0.15) is 22.1 Å². The lowest BCUT2D eigenvalue weighted by Crippen LogP contribution is -2.46. The second kappa shape index (κ2) is 59.7. The van der Waals surface area contributed by atoms with Crippen molar-refractivity contribution in [3.8, 4) is 6.07 Å². The van der Waals surface area contributed by atoms with E-state index in [1.807, 2.05) is 198 Å². The molecule has 7 amide bonds. The monoisotopic (exact) mass is 2010 g/mol. The summed E-state index contributed by atoms with van der Waals surface area (Å²) in [6.45, 7) is 31.3. The third kappa shape index (κ3) is 44.7. The number of hydrogen-bond acceptors (Lipinski definition) is 30. The van der Waals surface area contributed by atoms with E-state index in [1.165, 1.54) is 25.3 Å². The Kier molecular flexibility index (Phi) is 51.7. The van der Waals surface area contributed by atoms with E-state index in [0.29, 0.717) is 134 Å². The molecule has 0 aromatic heterocycles. The summed E-state index contributed by atoms with van der Waals surface area (Å²) < 4.78 is 92.7. The number of ether oxygens (including phenoxy) is 7. The van der Waals surface area contributed by atoms with Crippen molar-refractivity contribution in [2.24, 2.45) is 32.5 Å². The molecule has 9 aliphatic rings. The van der Waals surface area contributed by atoms with Crippen molar-refractivity contribution in [1.82, 2.24) is 44.9 Å². The molecule has 9 fully saturated rings. The molecule has 0 aliphatic carbocycles. The zero-order chi connectivity index (χ0) is 104. The molecule has 9 N–H and O–H groups in total. The molecule has 3 spiro atoms. The minimum atomic E-state index is -3.65. The van der Waals surface area contributed by atoms with Gasteiger partial charge in [0.2, 0.25) is 0 Å². The van der Waals surface area contributed by atoms with Crippen molar-refractivity contribution < 1.29 is 128 Å². The SMILES string of the molecule is CC(C)(C)OC(=O)N1CCC(CO)(CCO)CC1.CC(C)(C)OC(=O)N1CCC2(CCN(C(=O)OCc3ccccc3)CC2)C1.CC(C)(C)OC(=O)N1CCC2(CCNCC2)C1.CO.CO.CS(=O)(=O)OCCC1(COS(C)(=O)=O)CCN(C(=O)OCc2ccccc2)CC1.N#CCO.O=C(OCc1ccccc1)N1CCC(CO)(CCO)CC1.O=C(OCc1ccccc1)N1CCC2(CCNC2)CC1. The van der Waals surface area contributed by atoms with Gasteiger partial charge in [0.05, 0.1) is 31.8 Å². The summed E-state index contributed by atoms with van der Waals surface area (Å²) in [4.78, 5) is 97.1. The molecule has 39 heteroatoms. The second-order valence-corrected chi connectivity index (χ2v) is 43.7. The van der Waals surface area contributed by atoms with Crippen molar-refractivity contribution in [3.05, 3.63) is 144 Å². The number of nitriles is 1. The van der Waals surface area contributed by atoms with E-state index in [2.05, 4.69) is 10.6 Å². The quantitative estimate of drug-likeness (QED) is 0.0212. The third-order valence-electron chi connectivity index (χ3n) is 26.3. The number of likely N-dealkylation sites (tertiary alicyclic amines) is 7. The predicted octanol–water partition coefficient (Wildman–Crippen LogP) is 12.1. The number of carbonyl (C=O) groups is 7. The zero-order valence-electron chi connectivity index (χ0n) is 85.0. The van der Waals surface area contributed by atoms with Crippen LogP contribution in [0, 0.1) is 43.8 Å². The van der Waals surface area contributed by atoms with Crippen LogP contribution in [0.3, 0.4) is 0 Å². The van der Waals surface area contributed by atoms with Gasteiger partial charge in [0, 0.05) is 144 Å². The first kappa shape index (κ1) is 121. The van der Waals surface area contributed by atoms with E-state index in [-0.39, 0.29) is 118 Å². The van der Waals surface area contributed by atoms with Crippen molar-refractivity contribution >= 4 is 62.9 Å². The van der Waals surface area contributed by atoms with Gasteiger partial charge in [0.15, 0.2) is 0 Å².